The molecule has 12 nitrogen and oxygen atoms in total. The van der Waals surface area contributed by atoms with E-state index in [4.69, 9.17) is 15.0 Å². The van der Waals surface area contributed by atoms with Crippen molar-refractivity contribution in [1.82, 2.24) is 42.4 Å². The molecule has 0 aliphatic carbocycles. The first-order chi connectivity index (χ1) is 59.4. The van der Waals surface area contributed by atoms with E-state index in [1.54, 1.807) is 0 Å². The Labute approximate surface area is 688 Å². The van der Waals surface area contributed by atoms with Crippen LogP contribution in [-0.2, 0) is 0 Å². The van der Waals surface area contributed by atoms with Gasteiger partial charge >= 0.3 is 0 Å². The van der Waals surface area contributed by atoms with Gasteiger partial charge in [-0.25, -0.2) is 15.0 Å². The van der Waals surface area contributed by atoms with Crippen molar-refractivity contribution in [3.63, 3.8) is 0 Å². The molecule has 0 saturated carbocycles. The quantitative estimate of drug-likeness (QED) is 0.141. The zero-order valence-corrected chi connectivity index (χ0v) is 64.5. The Bertz CT molecular complexity index is 7710. The molecular weight excluding hydrogens is 1470 g/mol. The van der Waals surface area contributed by atoms with Crippen LogP contribution in [0, 0.1) is 34.0 Å². The Hall–Kier alpha value is -17.0. The second kappa shape index (κ2) is 28.8. The van der Waals surface area contributed by atoms with Gasteiger partial charge in [0, 0.05) is 100 Å². The van der Waals surface area contributed by atoms with Gasteiger partial charge < -0.3 is 13.7 Å². The molecular formula is C108H66N12. The molecule has 0 aliphatic rings. The molecule has 120 heavy (non-hydrogen) atoms. The molecule has 0 spiro atoms. The van der Waals surface area contributed by atoms with Crippen molar-refractivity contribution in [1.29, 1.82) is 15.8 Å². The van der Waals surface area contributed by atoms with Crippen molar-refractivity contribution in [2.75, 3.05) is 0 Å². The number of aromatic nitrogens is 9. The summed E-state index contributed by atoms with van der Waals surface area (Å²) in [6.07, 6.45) is 5.56. The number of para-hydroxylation sites is 9. The molecule has 0 radical (unpaired) electrons. The summed E-state index contributed by atoms with van der Waals surface area (Å²) in [6.45, 7) is 0. The average Bonchev–Trinajstić information content (AvgIpc) is 1.59. The van der Waals surface area contributed by atoms with Crippen LogP contribution in [0.5, 0.6) is 0 Å². The average molecular weight is 1530 g/mol. The topological polar surface area (TPSA) is 140 Å². The monoisotopic (exact) mass is 1530 g/mol. The highest BCUT2D eigenvalue weighted by Crippen LogP contribution is 2.43. The molecule has 0 unspecified atom stereocenters. The van der Waals surface area contributed by atoms with Gasteiger partial charge in [-0.2, -0.15) is 15.8 Å². The number of fused-ring (bicyclic) bond motifs is 18. The molecule has 9 aromatic heterocycles. The number of nitriles is 3. The molecule has 24 rings (SSSR count). The first-order valence-corrected chi connectivity index (χ1v) is 39.9. The minimum atomic E-state index is 0.639. The van der Waals surface area contributed by atoms with Gasteiger partial charge in [0.1, 0.15) is 16.9 Å². The molecule has 558 valence electrons. The van der Waals surface area contributed by atoms with Crippen LogP contribution >= 0.6 is 0 Å². The van der Waals surface area contributed by atoms with Crippen LogP contribution in [-0.4, -0.2) is 42.4 Å². The SMILES string of the molecule is N#Cc1ccc(-c2cc(-n3c4ccccc4c4ccccc43)cc(-n3c4ccccc4c4cccnc43)c2)cc1.N#Cc1cccc(-c2cc(-n3c4ccccc4c4ccccc43)cc(-n3c4ccccc4c4cccnc43)c2)c1.N#Cc1ccccc1-c1cc(-n2c3ccccc3c3ccccc32)cc(-n2c3ccccc3c3cccnc32)c1. The first-order valence-electron chi connectivity index (χ1n) is 39.9. The van der Waals surface area contributed by atoms with E-state index in [1.165, 1.54) is 43.1 Å². The fraction of sp³-hybridized carbons (Fsp3) is 0. The van der Waals surface area contributed by atoms with E-state index in [0.717, 1.165) is 156 Å². The van der Waals surface area contributed by atoms with Gasteiger partial charge in [-0.05, 0) is 209 Å². The lowest BCUT2D eigenvalue weighted by Crippen LogP contribution is -2.01. The first kappa shape index (κ1) is 69.7. The van der Waals surface area contributed by atoms with Crippen LogP contribution < -0.4 is 0 Å². The Morgan fingerprint density at radius 2 is 0.458 bits per heavy atom. The van der Waals surface area contributed by atoms with Gasteiger partial charge in [-0.15, -0.1) is 0 Å². The van der Waals surface area contributed by atoms with Gasteiger partial charge in [0.2, 0.25) is 0 Å². The maximum absolute atomic E-state index is 9.98. The van der Waals surface area contributed by atoms with E-state index in [2.05, 4.69) is 343 Å². The molecule has 0 amide bonds. The number of nitrogens with zero attached hydrogens (tertiary/aromatic N) is 12. The lowest BCUT2D eigenvalue weighted by molar-refractivity contribution is 1.11. The third-order valence-corrected chi connectivity index (χ3v) is 23.3. The molecule has 9 heterocycles. The zero-order valence-electron chi connectivity index (χ0n) is 64.5. The van der Waals surface area contributed by atoms with E-state index in [0.29, 0.717) is 16.7 Å². The van der Waals surface area contributed by atoms with E-state index in [-0.39, 0.29) is 0 Å². The van der Waals surface area contributed by atoms with Crippen molar-refractivity contribution in [3.8, 4) is 85.7 Å². The summed E-state index contributed by atoms with van der Waals surface area (Å²) >= 11 is 0. The lowest BCUT2D eigenvalue weighted by Gasteiger charge is -2.16. The Morgan fingerprint density at radius 1 is 0.183 bits per heavy atom. The summed E-state index contributed by atoms with van der Waals surface area (Å²) in [5.41, 5.74) is 27.1. The van der Waals surface area contributed by atoms with Crippen molar-refractivity contribution in [3.05, 3.63) is 417 Å². The highest BCUT2D eigenvalue weighted by Gasteiger charge is 2.24. The van der Waals surface area contributed by atoms with E-state index in [9.17, 15) is 15.8 Å². The molecule has 24 aromatic rings. The molecule has 0 saturated heterocycles. The number of hydrogen-bond donors (Lipinski definition) is 0. The summed E-state index contributed by atoms with van der Waals surface area (Å²) in [5.74, 6) is 0. The summed E-state index contributed by atoms with van der Waals surface area (Å²) in [5, 5.41) is 43.1. The Balaban J connectivity index is 0.000000108. The standard InChI is InChI=1S/3C36H22N4/c37-23-24-9-7-10-25(19-24)26-20-27(39-33-15-4-1-11-29(33)30-12-2-5-16-34(30)39)22-28(21-26)40-35-17-6-3-13-31(35)32-14-8-18-38-36(32)40;37-23-24-15-17-25(18-16-24)26-20-27(39-33-12-4-1-8-29(33)30-9-2-5-13-34(30)39)22-28(21-26)40-35-14-6-3-10-31(35)32-11-7-19-38-36(32)40;37-23-24-10-1-2-11-28(24)25-20-26(39-33-16-6-3-12-29(33)30-13-4-7-17-34(30)39)22-27(21-25)40-35-18-8-5-14-31(35)32-15-9-19-38-36(32)40/h3*1-22H. The van der Waals surface area contributed by atoms with Crippen LogP contribution in [0.4, 0.5) is 0 Å². The van der Waals surface area contributed by atoms with Gasteiger partial charge in [0.15, 0.2) is 0 Å². The van der Waals surface area contributed by atoms with Gasteiger partial charge in [0.05, 0.1) is 102 Å². The highest BCUT2D eigenvalue weighted by molar-refractivity contribution is 6.14. The summed E-state index contributed by atoms with van der Waals surface area (Å²) in [6, 6.07) is 139. The second-order valence-electron chi connectivity index (χ2n) is 30.0. The van der Waals surface area contributed by atoms with Crippen LogP contribution in [0.2, 0.25) is 0 Å². The summed E-state index contributed by atoms with van der Waals surface area (Å²) < 4.78 is 13.8. The summed E-state index contributed by atoms with van der Waals surface area (Å²) in [7, 11) is 0. The van der Waals surface area contributed by atoms with Crippen LogP contribution in [0.3, 0.4) is 0 Å². The van der Waals surface area contributed by atoms with Gasteiger partial charge in [0.25, 0.3) is 0 Å². The van der Waals surface area contributed by atoms with Crippen LogP contribution in [0.15, 0.2) is 401 Å². The van der Waals surface area contributed by atoms with E-state index < -0.39 is 0 Å². The fourth-order valence-electron chi connectivity index (χ4n) is 18.2. The minimum Gasteiger partial charge on any atom is -0.309 e. The van der Waals surface area contributed by atoms with Crippen molar-refractivity contribution in [2.45, 2.75) is 0 Å². The maximum Gasteiger partial charge on any atom is 0.145 e. The van der Waals surface area contributed by atoms with E-state index >= 15 is 0 Å². The molecule has 15 aromatic carbocycles. The smallest absolute Gasteiger partial charge is 0.145 e. The number of benzene rings is 15. The third kappa shape index (κ3) is 11.5. The van der Waals surface area contributed by atoms with Crippen molar-refractivity contribution < 1.29 is 0 Å². The Morgan fingerprint density at radius 3 is 0.792 bits per heavy atom. The molecule has 0 aliphatic heterocycles. The molecule has 0 N–H and O–H groups in total. The minimum absolute atomic E-state index is 0.639. The number of pyridine rings is 3. The van der Waals surface area contributed by atoms with Crippen LogP contribution in [0.1, 0.15) is 16.7 Å². The van der Waals surface area contributed by atoms with Crippen LogP contribution in [0.25, 0.3) is 199 Å². The molecule has 0 bridgehead atoms. The Kier molecular flexibility index (Phi) is 16.8. The molecule has 0 atom stereocenters. The van der Waals surface area contributed by atoms with Gasteiger partial charge in [-0.1, -0.05) is 206 Å². The van der Waals surface area contributed by atoms with Gasteiger partial charge in [-0.3, -0.25) is 13.7 Å². The fourth-order valence-corrected chi connectivity index (χ4v) is 18.2. The normalized spacial score (nSPS) is 11.5. The number of hydrogen-bond acceptors (Lipinski definition) is 6. The predicted molar refractivity (Wildman–Crippen MR) is 489 cm³/mol. The van der Waals surface area contributed by atoms with Crippen molar-refractivity contribution >= 4 is 131 Å². The predicted octanol–water partition coefficient (Wildman–Crippen LogP) is 26.4. The summed E-state index contributed by atoms with van der Waals surface area (Å²) in [4.78, 5) is 14.5. The maximum atomic E-state index is 9.98. The van der Waals surface area contributed by atoms with E-state index in [1.807, 2.05) is 104 Å². The second-order valence-corrected chi connectivity index (χ2v) is 30.0. The third-order valence-electron chi connectivity index (χ3n) is 23.3. The molecule has 0 fully saturated rings. The lowest BCUT2D eigenvalue weighted by atomic mass is 9.99. The highest BCUT2D eigenvalue weighted by atomic mass is 15.1. The van der Waals surface area contributed by atoms with Crippen molar-refractivity contribution in [2.24, 2.45) is 0 Å². The zero-order chi connectivity index (χ0) is 79.9. The molecule has 12 heteroatoms. The number of rotatable bonds is 9. The largest absolute Gasteiger partial charge is 0.309 e.